The van der Waals surface area contributed by atoms with E-state index in [1.165, 1.54) is 0 Å². The number of carbonyl (C=O) groups excluding carboxylic acids is 2. The molecule has 0 aliphatic rings. The molecule has 0 fully saturated rings. The second-order valence-corrected chi connectivity index (χ2v) is 2.29. The molecule has 0 rings (SSSR count). The molecule has 0 aromatic rings. The van der Waals surface area contributed by atoms with Crippen LogP contribution in [0.15, 0.2) is 0 Å². The molecule has 7 nitrogen and oxygen atoms in total. The summed E-state index contributed by atoms with van der Waals surface area (Å²) >= 11 is 0. The van der Waals surface area contributed by atoms with Gasteiger partial charge in [-0.15, -0.1) is 0 Å². The molecule has 0 bridgehead atoms. The molecule has 0 unspecified atom stereocenters. The van der Waals surface area contributed by atoms with E-state index in [4.69, 9.17) is 5.11 Å². The predicted molar refractivity (Wildman–Crippen MR) is 38.5 cm³/mol. The van der Waals surface area contributed by atoms with Crippen molar-refractivity contribution in [3.05, 3.63) is 0 Å². The van der Waals surface area contributed by atoms with Crippen LogP contribution in [0, 0.1) is 0 Å². The molecular weight excluding hydrogens is 235 g/mol. The van der Waals surface area contributed by atoms with E-state index in [2.05, 4.69) is 9.78 Å². The third-order valence-electron chi connectivity index (χ3n) is 1.08. The van der Waals surface area contributed by atoms with Gasteiger partial charge in [-0.1, -0.05) is 0 Å². The summed E-state index contributed by atoms with van der Waals surface area (Å²) in [6.07, 6.45) is -1.12. The predicted octanol–water partition coefficient (Wildman–Crippen LogP) is -4.53. The van der Waals surface area contributed by atoms with Gasteiger partial charge in [0.2, 0.25) is 0 Å². The van der Waals surface area contributed by atoms with Crippen LogP contribution in [-0.2, 0) is 24.2 Å². The first-order chi connectivity index (χ1) is 6.52. The van der Waals surface area contributed by atoms with Gasteiger partial charge in [0.1, 0.15) is 6.61 Å². The molecule has 0 saturated carbocycles. The van der Waals surface area contributed by atoms with E-state index < -0.39 is 24.3 Å². The Morgan fingerprint density at radius 2 is 1.73 bits per heavy atom. The molecule has 0 atom stereocenters. The van der Waals surface area contributed by atoms with Crippen molar-refractivity contribution in [2.45, 2.75) is 19.3 Å². The van der Waals surface area contributed by atoms with E-state index in [0.29, 0.717) is 0 Å². The van der Waals surface area contributed by atoms with Crippen LogP contribution in [0.3, 0.4) is 0 Å². The molecule has 0 saturated heterocycles. The Morgan fingerprint density at radius 3 is 2.20 bits per heavy atom. The number of hydrogen-bond acceptors (Lipinski definition) is 6. The van der Waals surface area contributed by atoms with Gasteiger partial charge >= 0.3 is 63.3 Å². The van der Waals surface area contributed by atoms with Crippen LogP contribution in [0.5, 0.6) is 0 Å². The standard InChI is InChI=1S/C7H10O7.K/c8-5(9)1-2-7(12)14-13-4-3-6(10)11;/h1-4H2,(H,8,9)(H,10,11);/q;+1/p-1. The molecule has 0 aliphatic heterocycles. The van der Waals surface area contributed by atoms with Crippen LogP contribution < -0.4 is 56.5 Å². The minimum atomic E-state index is -1.37. The van der Waals surface area contributed by atoms with Crippen LogP contribution in [0.1, 0.15) is 19.3 Å². The van der Waals surface area contributed by atoms with Gasteiger partial charge in [0, 0.05) is 5.97 Å². The summed E-state index contributed by atoms with van der Waals surface area (Å²) in [4.78, 5) is 38.7. The number of hydrogen-bond donors (Lipinski definition) is 1. The Kier molecular flexibility index (Phi) is 12.2. The van der Waals surface area contributed by atoms with E-state index in [1.54, 1.807) is 0 Å². The van der Waals surface area contributed by atoms with E-state index in [9.17, 15) is 19.5 Å². The summed E-state index contributed by atoms with van der Waals surface area (Å²) < 4.78 is 0. The molecule has 15 heavy (non-hydrogen) atoms. The third kappa shape index (κ3) is 14.0. The molecule has 0 aromatic carbocycles. The van der Waals surface area contributed by atoms with Crippen LogP contribution in [-0.4, -0.2) is 29.6 Å². The van der Waals surface area contributed by atoms with E-state index in [0.717, 1.165) is 0 Å². The maximum atomic E-state index is 10.6. The molecule has 0 radical (unpaired) electrons. The molecule has 0 spiro atoms. The van der Waals surface area contributed by atoms with Crippen molar-refractivity contribution in [3.8, 4) is 0 Å². The Labute approximate surface area is 128 Å². The molecule has 0 heterocycles. The topological polar surface area (TPSA) is 113 Å². The molecule has 80 valence electrons. The van der Waals surface area contributed by atoms with Crippen molar-refractivity contribution in [1.82, 2.24) is 0 Å². The summed E-state index contributed by atoms with van der Waals surface area (Å²) in [6.45, 7) is -0.271. The number of carboxylic acids is 2. The Bertz CT molecular complexity index is 227. The maximum Gasteiger partial charge on any atom is 1.00 e. The molecule has 0 aliphatic carbocycles. The van der Waals surface area contributed by atoms with Gasteiger partial charge in [0.05, 0.1) is 12.8 Å². The number of aliphatic carboxylic acids is 2. The summed E-state index contributed by atoms with van der Waals surface area (Å²) in [5.74, 6) is -3.33. The molecule has 1 N–H and O–H groups in total. The van der Waals surface area contributed by atoms with Crippen LogP contribution in [0.2, 0.25) is 0 Å². The number of carbonyl (C=O) groups is 3. The maximum absolute atomic E-state index is 10.6. The Morgan fingerprint density at radius 1 is 1.13 bits per heavy atom. The first-order valence-electron chi connectivity index (χ1n) is 3.76. The molecule has 8 heteroatoms. The van der Waals surface area contributed by atoms with E-state index >= 15 is 0 Å². The largest absolute Gasteiger partial charge is 1.00 e. The van der Waals surface area contributed by atoms with Gasteiger partial charge in [-0.25, -0.2) is 4.79 Å². The quantitative estimate of drug-likeness (QED) is 0.208. The van der Waals surface area contributed by atoms with Crippen molar-refractivity contribution >= 4 is 17.9 Å². The Balaban J connectivity index is 0. The van der Waals surface area contributed by atoms with Gasteiger partial charge in [0.15, 0.2) is 0 Å². The first kappa shape index (κ1) is 17.4. The number of carboxylic acid groups (broad SMARTS) is 2. The van der Waals surface area contributed by atoms with Crippen molar-refractivity contribution in [1.29, 1.82) is 0 Å². The minimum Gasteiger partial charge on any atom is -0.550 e. The monoisotopic (exact) mass is 244 g/mol. The molecular formula is C7H9KO7. The zero-order valence-electron chi connectivity index (χ0n) is 8.23. The average molecular weight is 244 g/mol. The zero-order valence-corrected chi connectivity index (χ0v) is 11.3. The second-order valence-electron chi connectivity index (χ2n) is 2.29. The summed E-state index contributed by atoms with van der Waals surface area (Å²) in [6, 6.07) is 0. The SMILES string of the molecule is O=C([O-])CCC(=O)OOCCC(=O)O.[K+]. The van der Waals surface area contributed by atoms with E-state index in [-0.39, 0.29) is 70.8 Å². The van der Waals surface area contributed by atoms with Crippen molar-refractivity contribution in [3.63, 3.8) is 0 Å². The van der Waals surface area contributed by atoms with Crippen molar-refractivity contribution in [2.24, 2.45) is 0 Å². The first-order valence-corrected chi connectivity index (χ1v) is 3.76. The third-order valence-corrected chi connectivity index (χ3v) is 1.08. The average Bonchev–Trinajstić information content (AvgIpc) is 2.08. The van der Waals surface area contributed by atoms with Crippen LogP contribution in [0.25, 0.3) is 0 Å². The molecule has 0 aromatic heterocycles. The normalized spacial score (nSPS) is 8.80. The molecule has 0 amide bonds. The second kappa shape index (κ2) is 10.5. The number of rotatable bonds is 7. The van der Waals surface area contributed by atoms with E-state index in [1.807, 2.05) is 0 Å². The van der Waals surface area contributed by atoms with Crippen LogP contribution >= 0.6 is 0 Å². The summed E-state index contributed by atoms with van der Waals surface area (Å²) in [5, 5.41) is 18.0. The van der Waals surface area contributed by atoms with Gasteiger partial charge in [0.25, 0.3) is 0 Å². The smallest absolute Gasteiger partial charge is 0.550 e. The fourth-order valence-corrected chi connectivity index (χ4v) is 0.482. The van der Waals surface area contributed by atoms with Gasteiger partial charge in [-0.3, -0.25) is 9.68 Å². The zero-order chi connectivity index (χ0) is 11.0. The summed E-state index contributed by atoms with van der Waals surface area (Å²) in [7, 11) is 0. The van der Waals surface area contributed by atoms with Gasteiger partial charge in [-0.2, -0.15) is 4.89 Å². The van der Waals surface area contributed by atoms with Crippen molar-refractivity contribution < 1.29 is 85.8 Å². The van der Waals surface area contributed by atoms with Crippen molar-refractivity contribution in [2.75, 3.05) is 6.61 Å². The van der Waals surface area contributed by atoms with Crippen LogP contribution in [0.4, 0.5) is 0 Å². The Hall–Kier alpha value is 0.00636. The fraction of sp³-hybridized carbons (Fsp3) is 0.571. The fourth-order valence-electron chi connectivity index (χ4n) is 0.482. The minimum absolute atomic E-state index is 0. The summed E-state index contributed by atoms with van der Waals surface area (Å²) in [5.41, 5.74) is 0. The van der Waals surface area contributed by atoms with Gasteiger partial charge < -0.3 is 15.0 Å². The van der Waals surface area contributed by atoms with Gasteiger partial charge in [-0.05, 0) is 6.42 Å².